The van der Waals surface area contributed by atoms with Gasteiger partial charge in [0.2, 0.25) is 0 Å². The Morgan fingerprint density at radius 3 is 2.21 bits per heavy atom. The molecule has 4 heteroatoms. The second-order valence-electron chi connectivity index (χ2n) is 6.08. The lowest BCUT2D eigenvalue weighted by Crippen LogP contribution is -2.40. The van der Waals surface area contributed by atoms with Gasteiger partial charge < -0.3 is 9.64 Å². The van der Waals surface area contributed by atoms with Crippen molar-refractivity contribution in [2.45, 2.75) is 44.8 Å². The Labute approximate surface area is 123 Å². The van der Waals surface area contributed by atoms with Crippen molar-refractivity contribution in [1.29, 1.82) is 0 Å². The van der Waals surface area contributed by atoms with E-state index in [1.807, 2.05) is 40.0 Å². The highest BCUT2D eigenvalue weighted by Crippen LogP contribution is 2.50. The smallest absolute Gasteiger partial charge is 0.410 e. The van der Waals surface area contributed by atoms with Crippen molar-refractivity contribution in [3.63, 3.8) is 0 Å². The maximum absolute atomic E-state index is 12.2. The number of ether oxygens (including phenoxy) is 1. The van der Waals surface area contributed by atoms with E-state index < -0.39 is 5.60 Å². The first-order chi connectivity index (χ1) is 8.74. The van der Waals surface area contributed by atoms with E-state index in [1.54, 1.807) is 4.90 Å². The molecule has 2 rings (SSSR count). The van der Waals surface area contributed by atoms with Gasteiger partial charge in [-0.1, -0.05) is 28.1 Å². The monoisotopic (exact) mass is 325 g/mol. The molecule has 0 bridgehead atoms. The number of benzene rings is 1. The van der Waals surface area contributed by atoms with E-state index in [2.05, 4.69) is 28.1 Å². The maximum atomic E-state index is 12.2. The molecule has 19 heavy (non-hydrogen) atoms. The van der Waals surface area contributed by atoms with Gasteiger partial charge in [0.05, 0.1) is 5.54 Å². The normalized spacial score (nSPS) is 16.9. The van der Waals surface area contributed by atoms with Gasteiger partial charge in [0.15, 0.2) is 0 Å². The molecule has 104 valence electrons. The summed E-state index contributed by atoms with van der Waals surface area (Å²) in [5, 5.41) is 0. The molecule has 0 N–H and O–H groups in total. The fourth-order valence-corrected chi connectivity index (χ4v) is 2.47. The quantitative estimate of drug-likeness (QED) is 0.811. The molecule has 0 spiro atoms. The van der Waals surface area contributed by atoms with Crippen LogP contribution in [0.15, 0.2) is 28.7 Å². The number of halogens is 1. The average molecular weight is 326 g/mol. The van der Waals surface area contributed by atoms with Crippen LogP contribution < -0.4 is 0 Å². The molecule has 3 nitrogen and oxygen atoms in total. The molecule has 0 aromatic heterocycles. The van der Waals surface area contributed by atoms with Gasteiger partial charge in [0.25, 0.3) is 0 Å². The number of nitrogens with zero attached hydrogens (tertiary/aromatic N) is 1. The van der Waals surface area contributed by atoms with Crippen molar-refractivity contribution in [3.05, 3.63) is 34.3 Å². The van der Waals surface area contributed by atoms with Gasteiger partial charge in [-0.2, -0.15) is 0 Å². The second-order valence-corrected chi connectivity index (χ2v) is 6.99. The van der Waals surface area contributed by atoms with E-state index >= 15 is 0 Å². The van der Waals surface area contributed by atoms with Crippen molar-refractivity contribution >= 4 is 22.0 Å². The Morgan fingerprint density at radius 2 is 1.79 bits per heavy atom. The highest BCUT2D eigenvalue weighted by molar-refractivity contribution is 9.10. The van der Waals surface area contributed by atoms with Gasteiger partial charge >= 0.3 is 6.09 Å². The summed E-state index contributed by atoms with van der Waals surface area (Å²) >= 11 is 3.43. The first kappa shape index (κ1) is 14.4. The van der Waals surface area contributed by atoms with Crippen LogP contribution in [0.4, 0.5) is 4.79 Å². The number of hydrogen-bond donors (Lipinski definition) is 0. The third kappa shape index (κ3) is 3.11. The topological polar surface area (TPSA) is 29.5 Å². The van der Waals surface area contributed by atoms with E-state index in [-0.39, 0.29) is 11.6 Å². The number of carbonyl (C=O) groups excluding carboxylic acids is 1. The van der Waals surface area contributed by atoms with Gasteiger partial charge in [-0.15, -0.1) is 0 Å². The predicted octanol–water partition coefficient (Wildman–Crippen LogP) is 4.31. The summed E-state index contributed by atoms with van der Waals surface area (Å²) in [7, 11) is 1.82. The van der Waals surface area contributed by atoms with Crippen LogP contribution in [0.5, 0.6) is 0 Å². The summed E-state index contributed by atoms with van der Waals surface area (Å²) in [6.07, 6.45) is 1.72. The van der Waals surface area contributed by atoms with Crippen LogP contribution in [0, 0.1) is 0 Å². The molecule has 0 atom stereocenters. The molecule has 0 heterocycles. The molecule has 0 unspecified atom stereocenters. The second kappa shape index (κ2) is 4.82. The van der Waals surface area contributed by atoms with Crippen molar-refractivity contribution < 1.29 is 9.53 Å². The summed E-state index contributed by atoms with van der Waals surface area (Å²) in [6.45, 7) is 5.66. The summed E-state index contributed by atoms with van der Waals surface area (Å²) in [5.74, 6) is 0. The van der Waals surface area contributed by atoms with Crippen LogP contribution in [0.25, 0.3) is 0 Å². The number of hydrogen-bond acceptors (Lipinski definition) is 2. The lowest BCUT2D eigenvalue weighted by molar-refractivity contribution is 0.0190. The molecular formula is C15H20BrNO2. The summed E-state index contributed by atoms with van der Waals surface area (Å²) in [4.78, 5) is 13.9. The SMILES string of the molecule is CN(C(=O)OC(C)(C)C)C1(c2ccc(Br)cc2)CC1. The van der Waals surface area contributed by atoms with Crippen LogP contribution in [0.1, 0.15) is 39.2 Å². The van der Waals surface area contributed by atoms with Crippen LogP contribution in [0.3, 0.4) is 0 Å². The minimum absolute atomic E-state index is 0.178. The van der Waals surface area contributed by atoms with E-state index in [0.717, 1.165) is 17.3 Å². The largest absolute Gasteiger partial charge is 0.444 e. The van der Waals surface area contributed by atoms with Gasteiger partial charge in [-0.25, -0.2) is 4.79 Å². The lowest BCUT2D eigenvalue weighted by Gasteiger charge is -2.31. The first-order valence-corrected chi connectivity index (χ1v) is 7.27. The van der Waals surface area contributed by atoms with Gasteiger partial charge in [-0.05, 0) is 51.3 Å². The van der Waals surface area contributed by atoms with Crippen molar-refractivity contribution in [2.24, 2.45) is 0 Å². The third-order valence-corrected chi connectivity index (χ3v) is 3.94. The molecule has 1 amide bonds. The molecule has 1 saturated carbocycles. The molecule has 1 aromatic rings. The van der Waals surface area contributed by atoms with E-state index in [9.17, 15) is 4.79 Å². The van der Waals surface area contributed by atoms with E-state index in [0.29, 0.717) is 0 Å². The number of amides is 1. The molecule has 1 aliphatic carbocycles. The zero-order chi connectivity index (χ0) is 14.3. The Hall–Kier alpha value is -1.03. The number of rotatable bonds is 2. The van der Waals surface area contributed by atoms with Crippen molar-refractivity contribution in [1.82, 2.24) is 4.90 Å². The van der Waals surface area contributed by atoms with Crippen molar-refractivity contribution in [2.75, 3.05) is 7.05 Å². The number of carbonyl (C=O) groups is 1. The highest BCUT2D eigenvalue weighted by Gasteiger charge is 2.50. The summed E-state index contributed by atoms with van der Waals surface area (Å²) in [6, 6.07) is 8.16. The van der Waals surface area contributed by atoms with Gasteiger partial charge in [0, 0.05) is 11.5 Å². The summed E-state index contributed by atoms with van der Waals surface area (Å²) < 4.78 is 6.50. The molecule has 1 aliphatic rings. The zero-order valence-corrected chi connectivity index (χ0v) is 13.5. The molecule has 0 saturated heterocycles. The fraction of sp³-hybridized carbons (Fsp3) is 0.533. The third-order valence-electron chi connectivity index (χ3n) is 3.41. The molecule has 1 fully saturated rings. The minimum atomic E-state index is -0.457. The molecule has 0 aliphatic heterocycles. The molecule has 1 aromatic carbocycles. The first-order valence-electron chi connectivity index (χ1n) is 6.47. The van der Waals surface area contributed by atoms with E-state index in [1.165, 1.54) is 5.56 Å². The van der Waals surface area contributed by atoms with E-state index in [4.69, 9.17) is 4.74 Å². The van der Waals surface area contributed by atoms with Crippen LogP contribution in [-0.4, -0.2) is 23.6 Å². The summed E-state index contributed by atoms with van der Waals surface area (Å²) in [5.41, 5.74) is 0.536. The van der Waals surface area contributed by atoms with Gasteiger partial charge in [-0.3, -0.25) is 0 Å². The highest BCUT2D eigenvalue weighted by atomic mass is 79.9. The Balaban J connectivity index is 2.16. The van der Waals surface area contributed by atoms with Crippen molar-refractivity contribution in [3.8, 4) is 0 Å². The van der Waals surface area contributed by atoms with Crippen LogP contribution in [0.2, 0.25) is 0 Å². The maximum Gasteiger partial charge on any atom is 0.410 e. The molecular weight excluding hydrogens is 306 g/mol. The van der Waals surface area contributed by atoms with Gasteiger partial charge in [0.1, 0.15) is 5.60 Å². The predicted molar refractivity (Wildman–Crippen MR) is 79.1 cm³/mol. The van der Waals surface area contributed by atoms with Crippen LogP contribution in [-0.2, 0) is 10.3 Å². The molecule has 0 radical (unpaired) electrons. The lowest BCUT2D eigenvalue weighted by atomic mass is 10.0. The Bertz CT molecular complexity index is 472. The minimum Gasteiger partial charge on any atom is -0.444 e. The zero-order valence-electron chi connectivity index (χ0n) is 11.9. The Morgan fingerprint density at radius 1 is 1.26 bits per heavy atom. The fourth-order valence-electron chi connectivity index (χ4n) is 2.20. The average Bonchev–Trinajstić information content (AvgIpc) is 3.08. The standard InChI is InChI=1S/C15H20BrNO2/c1-14(2,3)19-13(18)17(4)15(9-10-15)11-5-7-12(16)8-6-11/h5-8H,9-10H2,1-4H3. The Kier molecular flexibility index (Phi) is 3.65. The van der Waals surface area contributed by atoms with Crippen LogP contribution >= 0.6 is 15.9 Å².